The van der Waals surface area contributed by atoms with E-state index >= 15 is 0 Å². The van der Waals surface area contributed by atoms with Crippen molar-refractivity contribution in [2.45, 2.75) is 58.6 Å². The topological polar surface area (TPSA) is 117 Å². The van der Waals surface area contributed by atoms with Gasteiger partial charge < -0.3 is 20.7 Å². The van der Waals surface area contributed by atoms with Gasteiger partial charge in [-0.05, 0) is 55.7 Å². The summed E-state index contributed by atoms with van der Waals surface area (Å²) in [4.78, 5) is 51.1. The molecule has 2 aliphatic heterocycles. The summed E-state index contributed by atoms with van der Waals surface area (Å²) in [5.41, 5.74) is -0.140. The third-order valence-corrected chi connectivity index (χ3v) is 6.12. The van der Waals surface area contributed by atoms with Crippen molar-refractivity contribution in [3.63, 3.8) is 0 Å². The molecule has 2 fully saturated rings. The molecule has 1 aromatic rings. The number of carbonyl (C=O) groups is 4. The highest BCUT2D eigenvalue weighted by atomic mass is 16.5. The largest absolute Gasteiger partial charge is 0.479 e. The first-order valence-corrected chi connectivity index (χ1v) is 10.5. The van der Waals surface area contributed by atoms with Crippen molar-refractivity contribution in [2.75, 3.05) is 17.2 Å². The standard InChI is InChI=1S/C22H28N4O5/c1-12-8-21(3,4)11-22(9-12)19(29)26(20(30)25-22)10-17(27)23-14-5-6-16-15(7-14)24-18(28)13(2)31-16/h5-7,12-13H,8-11H2,1-4H3,(H,23,27)(H,24,28)(H,25,30)/t12-,13+,22+/m1/s1. The van der Waals surface area contributed by atoms with Crippen molar-refractivity contribution in [3.8, 4) is 5.75 Å². The molecule has 3 N–H and O–H groups in total. The quantitative estimate of drug-likeness (QED) is 0.640. The summed E-state index contributed by atoms with van der Waals surface area (Å²) in [6.45, 7) is 7.54. The molecule has 1 saturated carbocycles. The van der Waals surface area contributed by atoms with Gasteiger partial charge in [0.2, 0.25) is 5.91 Å². The summed E-state index contributed by atoms with van der Waals surface area (Å²) in [5.74, 6) is -0.315. The van der Waals surface area contributed by atoms with E-state index in [1.54, 1.807) is 25.1 Å². The summed E-state index contributed by atoms with van der Waals surface area (Å²) < 4.78 is 5.50. The molecule has 0 aromatic heterocycles. The van der Waals surface area contributed by atoms with Crippen LogP contribution in [0.15, 0.2) is 18.2 Å². The lowest BCUT2D eigenvalue weighted by atomic mass is 9.64. The van der Waals surface area contributed by atoms with E-state index in [4.69, 9.17) is 4.74 Å². The second kappa shape index (κ2) is 7.25. The number of hydrogen-bond acceptors (Lipinski definition) is 5. The van der Waals surface area contributed by atoms with E-state index in [-0.39, 0.29) is 29.7 Å². The Morgan fingerprint density at radius 3 is 2.68 bits per heavy atom. The molecule has 0 bridgehead atoms. The number of rotatable bonds is 3. The van der Waals surface area contributed by atoms with Gasteiger partial charge in [0.25, 0.3) is 11.8 Å². The van der Waals surface area contributed by atoms with Crippen molar-refractivity contribution < 1.29 is 23.9 Å². The number of imide groups is 1. The van der Waals surface area contributed by atoms with Crippen LogP contribution in [0.25, 0.3) is 0 Å². The maximum Gasteiger partial charge on any atom is 0.325 e. The Labute approximate surface area is 180 Å². The predicted octanol–water partition coefficient (Wildman–Crippen LogP) is 2.48. The van der Waals surface area contributed by atoms with Gasteiger partial charge in [-0.2, -0.15) is 0 Å². The van der Waals surface area contributed by atoms with Crippen LogP contribution in [0.4, 0.5) is 16.2 Å². The molecule has 2 heterocycles. The van der Waals surface area contributed by atoms with E-state index in [9.17, 15) is 19.2 Å². The molecular weight excluding hydrogens is 400 g/mol. The average Bonchev–Trinajstić information content (AvgIpc) is 2.84. The fourth-order valence-corrected chi connectivity index (χ4v) is 5.28. The molecule has 9 nitrogen and oxygen atoms in total. The first kappa shape index (κ1) is 21.1. The van der Waals surface area contributed by atoms with Crippen LogP contribution < -0.4 is 20.7 Å². The van der Waals surface area contributed by atoms with Gasteiger partial charge in [-0.15, -0.1) is 0 Å². The fourth-order valence-electron chi connectivity index (χ4n) is 5.28. The highest BCUT2D eigenvalue weighted by molar-refractivity contribution is 6.10. The van der Waals surface area contributed by atoms with Crippen LogP contribution in [0.2, 0.25) is 0 Å². The number of nitrogens with zero attached hydrogens (tertiary/aromatic N) is 1. The van der Waals surface area contributed by atoms with Crippen molar-refractivity contribution in [3.05, 3.63) is 18.2 Å². The predicted molar refractivity (Wildman–Crippen MR) is 114 cm³/mol. The highest BCUT2D eigenvalue weighted by Crippen LogP contribution is 2.46. The van der Waals surface area contributed by atoms with Gasteiger partial charge in [0.05, 0.1) is 5.69 Å². The molecule has 3 atom stereocenters. The number of hydrogen-bond donors (Lipinski definition) is 3. The molecule has 0 radical (unpaired) electrons. The minimum atomic E-state index is -0.942. The average molecular weight is 428 g/mol. The highest BCUT2D eigenvalue weighted by Gasteiger charge is 2.56. The summed E-state index contributed by atoms with van der Waals surface area (Å²) in [7, 11) is 0. The SMILES string of the molecule is C[C@@H]1CC(C)(C)C[C@]2(C1)NC(=O)N(CC(=O)Nc1ccc3c(c1)NC(=O)[C@H](C)O3)C2=O. The Balaban J connectivity index is 1.45. The molecule has 4 rings (SSSR count). The zero-order valence-corrected chi connectivity index (χ0v) is 18.2. The monoisotopic (exact) mass is 428 g/mol. The smallest absolute Gasteiger partial charge is 0.325 e. The van der Waals surface area contributed by atoms with Crippen LogP contribution in [0, 0.1) is 11.3 Å². The van der Waals surface area contributed by atoms with E-state index in [0.717, 1.165) is 11.3 Å². The second-order valence-corrected chi connectivity index (χ2v) is 9.77. The van der Waals surface area contributed by atoms with Crippen molar-refractivity contribution >= 4 is 35.1 Å². The minimum absolute atomic E-state index is 0.0774. The summed E-state index contributed by atoms with van der Waals surface area (Å²) >= 11 is 0. The van der Waals surface area contributed by atoms with E-state index in [0.29, 0.717) is 30.0 Å². The van der Waals surface area contributed by atoms with Crippen LogP contribution in [0.3, 0.4) is 0 Å². The molecule has 9 heteroatoms. The minimum Gasteiger partial charge on any atom is -0.479 e. The van der Waals surface area contributed by atoms with Gasteiger partial charge in [-0.3, -0.25) is 19.3 Å². The first-order valence-electron chi connectivity index (χ1n) is 10.5. The zero-order valence-electron chi connectivity index (χ0n) is 18.2. The Kier molecular flexibility index (Phi) is 4.94. The molecule has 1 spiro atoms. The Bertz CT molecular complexity index is 975. The molecule has 166 valence electrons. The summed E-state index contributed by atoms with van der Waals surface area (Å²) in [5, 5.41) is 8.27. The molecule has 31 heavy (non-hydrogen) atoms. The fraction of sp³-hybridized carbons (Fsp3) is 0.545. The van der Waals surface area contributed by atoms with Crippen molar-refractivity contribution in [1.29, 1.82) is 0 Å². The lowest BCUT2D eigenvalue weighted by Crippen LogP contribution is -2.54. The maximum atomic E-state index is 13.2. The van der Waals surface area contributed by atoms with E-state index < -0.39 is 23.6 Å². The Hall–Kier alpha value is -3.10. The van der Waals surface area contributed by atoms with Gasteiger partial charge in [-0.25, -0.2) is 4.79 Å². The Morgan fingerprint density at radius 2 is 1.97 bits per heavy atom. The first-order chi connectivity index (χ1) is 14.5. The molecule has 0 unspecified atom stereocenters. The Morgan fingerprint density at radius 1 is 1.23 bits per heavy atom. The van der Waals surface area contributed by atoms with E-state index in [1.165, 1.54) is 0 Å². The van der Waals surface area contributed by atoms with E-state index in [2.05, 4.69) is 36.7 Å². The molecule has 5 amide bonds. The molecule has 3 aliphatic rings. The van der Waals surface area contributed by atoms with Crippen molar-refractivity contribution in [2.24, 2.45) is 11.3 Å². The van der Waals surface area contributed by atoms with Gasteiger partial charge in [0.15, 0.2) is 6.10 Å². The third-order valence-electron chi connectivity index (χ3n) is 6.12. The van der Waals surface area contributed by atoms with Crippen LogP contribution in [-0.4, -0.2) is 46.8 Å². The lowest BCUT2D eigenvalue weighted by Gasteiger charge is -2.43. The number of anilines is 2. The molecule has 1 aliphatic carbocycles. The van der Waals surface area contributed by atoms with Crippen LogP contribution in [0.5, 0.6) is 5.75 Å². The van der Waals surface area contributed by atoms with Gasteiger partial charge in [0.1, 0.15) is 17.8 Å². The van der Waals surface area contributed by atoms with Gasteiger partial charge >= 0.3 is 6.03 Å². The summed E-state index contributed by atoms with van der Waals surface area (Å²) in [6.07, 6.45) is 1.51. The number of benzene rings is 1. The van der Waals surface area contributed by atoms with Gasteiger partial charge in [0, 0.05) is 5.69 Å². The number of nitrogens with one attached hydrogen (secondary N) is 3. The van der Waals surface area contributed by atoms with Gasteiger partial charge in [-0.1, -0.05) is 20.8 Å². The zero-order chi connectivity index (χ0) is 22.6. The number of urea groups is 1. The normalized spacial score (nSPS) is 29.2. The lowest BCUT2D eigenvalue weighted by molar-refractivity contribution is -0.136. The summed E-state index contributed by atoms with van der Waals surface area (Å²) in [6, 6.07) is 4.33. The van der Waals surface area contributed by atoms with Crippen LogP contribution in [-0.2, 0) is 14.4 Å². The molecular formula is C22H28N4O5. The molecule has 1 saturated heterocycles. The number of fused-ring (bicyclic) bond motifs is 1. The maximum absolute atomic E-state index is 13.2. The number of amides is 5. The second-order valence-electron chi connectivity index (χ2n) is 9.77. The number of ether oxygens (including phenoxy) is 1. The van der Waals surface area contributed by atoms with Crippen LogP contribution >= 0.6 is 0 Å². The third kappa shape index (κ3) is 3.96. The molecule has 1 aromatic carbocycles. The van der Waals surface area contributed by atoms with E-state index in [1.807, 2.05) is 0 Å². The number of carbonyl (C=O) groups excluding carboxylic acids is 4. The van der Waals surface area contributed by atoms with Crippen LogP contribution in [0.1, 0.15) is 47.0 Å². The van der Waals surface area contributed by atoms with Crippen molar-refractivity contribution in [1.82, 2.24) is 10.2 Å².